The Balaban J connectivity index is 1.51. The second kappa shape index (κ2) is 12.0. The van der Waals surface area contributed by atoms with Crippen molar-refractivity contribution >= 4 is 28.8 Å². The molecule has 6 nitrogen and oxygen atoms in total. The quantitative estimate of drug-likeness (QED) is 0.234. The van der Waals surface area contributed by atoms with Gasteiger partial charge in [0.25, 0.3) is 11.8 Å². The molecule has 0 bridgehead atoms. The van der Waals surface area contributed by atoms with E-state index in [1.807, 2.05) is 99.6 Å². The molecule has 0 radical (unpaired) electrons. The lowest BCUT2D eigenvalue weighted by molar-refractivity contribution is -0.123. The van der Waals surface area contributed by atoms with Gasteiger partial charge in [-0.3, -0.25) is 9.59 Å². The van der Waals surface area contributed by atoms with Gasteiger partial charge in [0.1, 0.15) is 18.4 Å². The zero-order valence-corrected chi connectivity index (χ0v) is 21.3. The predicted octanol–water partition coefficient (Wildman–Crippen LogP) is 5.63. The highest BCUT2D eigenvalue weighted by Gasteiger charge is 2.24. The van der Waals surface area contributed by atoms with Gasteiger partial charge < -0.3 is 10.1 Å². The Labute approximate surface area is 217 Å². The van der Waals surface area contributed by atoms with Crippen LogP contribution < -0.4 is 15.5 Å². The lowest BCUT2D eigenvalue weighted by Gasteiger charge is -2.20. The van der Waals surface area contributed by atoms with Crippen molar-refractivity contribution in [2.24, 2.45) is 11.0 Å². The summed E-state index contributed by atoms with van der Waals surface area (Å²) >= 11 is 0. The number of carbonyl (C=O) groups excluding carboxylic acids is 2. The van der Waals surface area contributed by atoms with Crippen LogP contribution in [0.3, 0.4) is 0 Å². The van der Waals surface area contributed by atoms with E-state index in [9.17, 15) is 9.59 Å². The standard InChI is InChI=1S/C31H31N3O3/c1-21(2)29(33-30(35)25-15-13-22(3)14-16-25)31(36)34-32-19-27-26-12-8-7-11-24(26)17-18-28(27)37-20-23-9-5-4-6-10-23/h4-19,21,29H,20H2,1-3H3,(H,33,35)(H,34,36). The van der Waals surface area contributed by atoms with Crippen LogP contribution in [0.25, 0.3) is 10.8 Å². The van der Waals surface area contributed by atoms with Gasteiger partial charge in [0.05, 0.1) is 6.21 Å². The third-order valence-electron chi connectivity index (χ3n) is 6.09. The summed E-state index contributed by atoms with van der Waals surface area (Å²) in [5.74, 6) is -0.164. The second-order valence-corrected chi connectivity index (χ2v) is 9.27. The molecule has 0 aliphatic carbocycles. The zero-order valence-electron chi connectivity index (χ0n) is 21.3. The summed E-state index contributed by atoms with van der Waals surface area (Å²) in [5.41, 5.74) is 5.98. The Morgan fingerprint density at radius 3 is 2.32 bits per heavy atom. The number of carbonyl (C=O) groups is 2. The van der Waals surface area contributed by atoms with Crippen molar-refractivity contribution < 1.29 is 14.3 Å². The summed E-state index contributed by atoms with van der Waals surface area (Å²) in [4.78, 5) is 25.7. The smallest absolute Gasteiger partial charge is 0.262 e. The van der Waals surface area contributed by atoms with Crippen molar-refractivity contribution in [3.05, 3.63) is 113 Å². The average molecular weight is 494 g/mol. The molecule has 0 aliphatic rings. The molecular formula is C31H31N3O3. The van der Waals surface area contributed by atoms with Crippen LogP contribution in [0, 0.1) is 12.8 Å². The van der Waals surface area contributed by atoms with Crippen LogP contribution in [0.2, 0.25) is 0 Å². The molecule has 0 aromatic heterocycles. The summed E-state index contributed by atoms with van der Waals surface area (Å²) in [6.07, 6.45) is 1.60. The molecule has 0 spiro atoms. The Morgan fingerprint density at radius 1 is 0.892 bits per heavy atom. The molecule has 188 valence electrons. The summed E-state index contributed by atoms with van der Waals surface area (Å²) in [7, 11) is 0. The minimum Gasteiger partial charge on any atom is -0.488 e. The first-order valence-electron chi connectivity index (χ1n) is 12.3. The fourth-order valence-corrected chi connectivity index (χ4v) is 3.96. The maximum atomic E-state index is 13.0. The first-order valence-corrected chi connectivity index (χ1v) is 12.3. The highest BCUT2D eigenvalue weighted by atomic mass is 16.5. The van der Waals surface area contributed by atoms with Crippen LogP contribution in [0.5, 0.6) is 5.75 Å². The van der Waals surface area contributed by atoms with Crippen LogP contribution in [-0.2, 0) is 11.4 Å². The third kappa shape index (κ3) is 6.61. The van der Waals surface area contributed by atoms with E-state index in [4.69, 9.17) is 4.74 Å². The largest absolute Gasteiger partial charge is 0.488 e. The summed E-state index contributed by atoms with van der Waals surface area (Å²) in [5, 5.41) is 9.07. The van der Waals surface area contributed by atoms with Gasteiger partial charge in [-0.1, -0.05) is 92.2 Å². The fraction of sp³-hybridized carbons (Fsp3) is 0.194. The maximum absolute atomic E-state index is 13.0. The molecule has 0 heterocycles. The summed E-state index contributed by atoms with van der Waals surface area (Å²) in [6, 6.07) is 28.2. The normalized spacial score (nSPS) is 12.0. The van der Waals surface area contributed by atoms with Gasteiger partial charge in [0.15, 0.2) is 0 Å². The lowest BCUT2D eigenvalue weighted by atomic mass is 10.0. The van der Waals surface area contributed by atoms with E-state index in [1.54, 1.807) is 18.3 Å². The third-order valence-corrected chi connectivity index (χ3v) is 6.09. The van der Waals surface area contributed by atoms with Crippen molar-refractivity contribution in [2.75, 3.05) is 0 Å². The number of aryl methyl sites for hydroxylation is 1. The molecule has 0 saturated heterocycles. The molecule has 37 heavy (non-hydrogen) atoms. The first kappa shape index (κ1) is 25.6. The zero-order chi connectivity index (χ0) is 26.2. The Bertz CT molecular complexity index is 1400. The molecule has 1 unspecified atom stereocenters. The molecule has 2 amide bonds. The van der Waals surface area contributed by atoms with Gasteiger partial charge in [-0.15, -0.1) is 0 Å². The maximum Gasteiger partial charge on any atom is 0.262 e. The molecule has 4 aromatic rings. The van der Waals surface area contributed by atoms with Crippen molar-refractivity contribution in [2.45, 2.75) is 33.4 Å². The molecule has 1 atom stereocenters. The van der Waals surface area contributed by atoms with E-state index in [2.05, 4.69) is 15.8 Å². The van der Waals surface area contributed by atoms with Crippen molar-refractivity contribution in [1.82, 2.24) is 10.7 Å². The highest BCUT2D eigenvalue weighted by molar-refractivity contribution is 6.03. The molecule has 6 heteroatoms. The molecule has 0 aliphatic heterocycles. The average Bonchev–Trinajstić information content (AvgIpc) is 2.91. The number of nitrogens with one attached hydrogen (secondary N) is 2. The van der Waals surface area contributed by atoms with Gasteiger partial charge in [0, 0.05) is 11.1 Å². The highest BCUT2D eigenvalue weighted by Crippen LogP contribution is 2.27. The van der Waals surface area contributed by atoms with Crippen molar-refractivity contribution in [3.63, 3.8) is 0 Å². The molecular weight excluding hydrogens is 462 g/mol. The topological polar surface area (TPSA) is 79.8 Å². The van der Waals surface area contributed by atoms with Crippen molar-refractivity contribution in [1.29, 1.82) is 0 Å². The number of ether oxygens (including phenoxy) is 1. The van der Waals surface area contributed by atoms with Gasteiger partial charge in [-0.2, -0.15) is 5.10 Å². The van der Waals surface area contributed by atoms with Crippen LogP contribution in [0.15, 0.2) is 96.1 Å². The van der Waals surface area contributed by atoms with Gasteiger partial charge in [-0.25, -0.2) is 5.43 Å². The Kier molecular flexibility index (Phi) is 8.31. The van der Waals surface area contributed by atoms with Crippen LogP contribution in [-0.4, -0.2) is 24.1 Å². The number of hydrogen-bond acceptors (Lipinski definition) is 4. The fourth-order valence-electron chi connectivity index (χ4n) is 3.96. The predicted molar refractivity (Wildman–Crippen MR) is 148 cm³/mol. The van der Waals surface area contributed by atoms with E-state index in [1.165, 1.54) is 0 Å². The minimum atomic E-state index is -0.743. The van der Waals surface area contributed by atoms with E-state index in [0.717, 1.165) is 27.5 Å². The first-order chi connectivity index (χ1) is 17.9. The molecule has 2 N–H and O–H groups in total. The number of benzene rings is 4. The van der Waals surface area contributed by atoms with E-state index < -0.39 is 11.9 Å². The number of hydrazone groups is 1. The number of amides is 2. The molecule has 4 rings (SSSR count). The van der Waals surface area contributed by atoms with Crippen LogP contribution >= 0.6 is 0 Å². The summed E-state index contributed by atoms with van der Waals surface area (Å²) in [6.45, 7) is 6.12. The number of fused-ring (bicyclic) bond motifs is 1. The lowest BCUT2D eigenvalue weighted by Crippen LogP contribution is -2.48. The monoisotopic (exact) mass is 493 g/mol. The molecule has 0 saturated carbocycles. The Hall–Kier alpha value is -4.45. The van der Waals surface area contributed by atoms with Gasteiger partial charge in [0.2, 0.25) is 0 Å². The van der Waals surface area contributed by atoms with Crippen LogP contribution in [0.1, 0.15) is 40.9 Å². The number of rotatable bonds is 9. The van der Waals surface area contributed by atoms with Crippen molar-refractivity contribution in [3.8, 4) is 5.75 Å². The Morgan fingerprint density at radius 2 is 1.59 bits per heavy atom. The number of nitrogens with zero attached hydrogens (tertiary/aromatic N) is 1. The second-order valence-electron chi connectivity index (χ2n) is 9.27. The van der Waals surface area contributed by atoms with E-state index in [0.29, 0.717) is 17.9 Å². The minimum absolute atomic E-state index is 0.132. The molecule has 4 aromatic carbocycles. The summed E-state index contributed by atoms with van der Waals surface area (Å²) < 4.78 is 6.12. The number of hydrogen-bond donors (Lipinski definition) is 2. The van der Waals surface area contributed by atoms with E-state index >= 15 is 0 Å². The van der Waals surface area contributed by atoms with E-state index in [-0.39, 0.29) is 11.8 Å². The SMILES string of the molecule is Cc1ccc(C(=O)NC(C(=O)NN=Cc2c(OCc3ccccc3)ccc3ccccc23)C(C)C)cc1. The van der Waals surface area contributed by atoms with Gasteiger partial charge in [-0.05, 0) is 47.4 Å². The van der Waals surface area contributed by atoms with Crippen LogP contribution in [0.4, 0.5) is 0 Å². The molecule has 0 fully saturated rings. The van der Waals surface area contributed by atoms with Gasteiger partial charge >= 0.3 is 0 Å².